The number of nitrogens with one attached hydrogen (secondary N) is 2. The van der Waals surface area contributed by atoms with Gasteiger partial charge in [-0.1, -0.05) is 44.2 Å². The minimum atomic E-state index is -0.429. The van der Waals surface area contributed by atoms with Gasteiger partial charge in [0.15, 0.2) is 17.4 Å². The third-order valence-corrected chi connectivity index (χ3v) is 6.03. The molecular formula is C29H33FN4O3. The van der Waals surface area contributed by atoms with Crippen molar-refractivity contribution in [3.05, 3.63) is 71.2 Å². The van der Waals surface area contributed by atoms with Gasteiger partial charge in [-0.05, 0) is 68.4 Å². The van der Waals surface area contributed by atoms with E-state index in [0.29, 0.717) is 29.4 Å². The van der Waals surface area contributed by atoms with Crippen LogP contribution in [-0.4, -0.2) is 42.3 Å². The van der Waals surface area contributed by atoms with Crippen molar-refractivity contribution < 1.29 is 18.4 Å². The van der Waals surface area contributed by atoms with Gasteiger partial charge in [-0.15, -0.1) is 0 Å². The third kappa shape index (κ3) is 7.83. The summed E-state index contributed by atoms with van der Waals surface area (Å²) in [7, 11) is 0. The molecule has 0 spiro atoms. The van der Waals surface area contributed by atoms with Crippen LogP contribution < -0.4 is 15.4 Å². The second-order valence-electron chi connectivity index (χ2n) is 10.1. The standard InChI is InChI=1S/C29H33FN4O3/c1-29(2,3)26-20-27(33-37-26)32-28(35)31-23-12-9-21(10-13-23)7-8-22-11-14-25(24(30)19-22)36-18-17-34-15-5-4-6-16-34/h9-14,19-20H,4-6,15-18H2,1-3H3,(H2,31,32,33,35). The Bertz CT molecular complexity index is 1260. The second kappa shape index (κ2) is 11.9. The lowest BCUT2D eigenvalue weighted by atomic mass is 9.93. The number of ether oxygens (including phenoxy) is 1. The van der Waals surface area contributed by atoms with Crippen LogP contribution >= 0.6 is 0 Å². The number of anilines is 2. The topological polar surface area (TPSA) is 79.6 Å². The van der Waals surface area contributed by atoms with Gasteiger partial charge < -0.3 is 14.6 Å². The normalized spacial score (nSPS) is 13.9. The molecule has 3 aromatic rings. The Kier molecular flexibility index (Phi) is 8.47. The number of carbonyl (C=O) groups excluding carboxylic acids is 1. The molecule has 1 aliphatic heterocycles. The number of amides is 2. The highest BCUT2D eigenvalue weighted by Crippen LogP contribution is 2.24. The number of benzene rings is 2. The van der Waals surface area contributed by atoms with Gasteiger partial charge in [-0.3, -0.25) is 10.2 Å². The van der Waals surface area contributed by atoms with Crippen molar-refractivity contribution in [1.29, 1.82) is 0 Å². The molecule has 0 unspecified atom stereocenters. The maximum Gasteiger partial charge on any atom is 0.324 e. The van der Waals surface area contributed by atoms with Crippen molar-refractivity contribution in [1.82, 2.24) is 10.1 Å². The minimum absolute atomic E-state index is 0.200. The number of likely N-dealkylation sites (tertiary alicyclic amines) is 1. The number of halogens is 1. The average molecular weight is 505 g/mol. The molecule has 2 heterocycles. The number of piperidine rings is 1. The molecule has 0 radical (unpaired) electrons. The van der Waals surface area contributed by atoms with Crippen LogP contribution in [0.25, 0.3) is 0 Å². The fourth-order valence-electron chi connectivity index (χ4n) is 3.91. The summed E-state index contributed by atoms with van der Waals surface area (Å²) in [5.74, 6) is 6.84. The van der Waals surface area contributed by atoms with Crippen LogP contribution in [0.2, 0.25) is 0 Å². The molecule has 2 aromatic carbocycles. The molecule has 1 aromatic heterocycles. The molecule has 194 valence electrons. The zero-order chi connectivity index (χ0) is 26.3. The van der Waals surface area contributed by atoms with E-state index in [4.69, 9.17) is 9.26 Å². The van der Waals surface area contributed by atoms with Crippen molar-refractivity contribution >= 4 is 17.5 Å². The number of rotatable bonds is 6. The highest BCUT2D eigenvalue weighted by atomic mass is 19.1. The summed E-state index contributed by atoms with van der Waals surface area (Å²) < 4.78 is 25.4. The quantitative estimate of drug-likeness (QED) is 0.401. The fraction of sp³-hybridized carbons (Fsp3) is 0.379. The first-order chi connectivity index (χ1) is 17.8. The molecule has 1 fully saturated rings. The first-order valence-electron chi connectivity index (χ1n) is 12.6. The van der Waals surface area contributed by atoms with E-state index >= 15 is 0 Å². The number of carbonyl (C=O) groups is 1. The maximum absolute atomic E-state index is 14.5. The molecule has 4 rings (SSSR count). The first kappa shape index (κ1) is 26.2. The van der Waals surface area contributed by atoms with Crippen LogP contribution in [0.5, 0.6) is 5.75 Å². The summed E-state index contributed by atoms with van der Waals surface area (Å²) in [4.78, 5) is 14.6. The highest BCUT2D eigenvalue weighted by molar-refractivity contribution is 5.99. The highest BCUT2D eigenvalue weighted by Gasteiger charge is 2.20. The van der Waals surface area contributed by atoms with Crippen molar-refractivity contribution in [2.24, 2.45) is 0 Å². The SMILES string of the molecule is CC(C)(C)c1cc(NC(=O)Nc2ccc(C#Cc3ccc(OCCN4CCCCC4)c(F)c3)cc2)no1. The summed E-state index contributed by atoms with van der Waals surface area (Å²) >= 11 is 0. The molecule has 2 N–H and O–H groups in total. The fourth-order valence-corrected chi connectivity index (χ4v) is 3.91. The lowest BCUT2D eigenvalue weighted by Crippen LogP contribution is -2.33. The maximum atomic E-state index is 14.5. The van der Waals surface area contributed by atoms with E-state index in [0.717, 1.165) is 25.2 Å². The number of aromatic nitrogens is 1. The molecule has 0 atom stereocenters. The molecule has 1 saturated heterocycles. The van der Waals surface area contributed by atoms with E-state index in [1.54, 1.807) is 42.5 Å². The lowest BCUT2D eigenvalue weighted by Gasteiger charge is -2.26. The van der Waals surface area contributed by atoms with Crippen molar-refractivity contribution in [2.45, 2.75) is 45.4 Å². The monoisotopic (exact) mass is 504 g/mol. The Hall–Kier alpha value is -3.83. The zero-order valence-electron chi connectivity index (χ0n) is 21.6. The van der Waals surface area contributed by atoms with Crippen molar-refractivity contribution in [3.63, 3.8) is 0 Å². The Morgan fingerprint density at radius 2 is 1.73 bits per heavy atom. The van der Waals surface area contributed by atoms with Gasteiger partial charge in [0.05, 0.1) is 0 Å². The Morgan fingerprint density at radius 3 is 2.41 bits per heavy atom. The first-order valence-corrected chi connectivity index (χ1v) is 12.6. The largest absolute Gasteiger partial charge is 0.489 e. The van der Waals surface area contributed by atoms with Gasteiger partial charge in [-0.25, -0.2) is 9.18 Å². The van der Waals surface area contributed by atoms with Crippen LogP contribution in [0.4, 0.5) is 20.7 Å². The predicted octanol–water partition coefficient (Wildman–Crippen LogP) is 6.02. The summed E-state index contributed by atoms with van der Waals surface area (Å²) in [6.45, 7) is 9.46. The summed E-state index contributed by atoms with van der Waals surface area (Å²) in [5, 5.41) is 9.27. The number of nitrogens with zero attached hydrogens (tertiary/aromatic N) is 2. The Labute approximate surface area is 217 Å². The van der Waals surface area contributed by atoms with Crippen molar-refractivity contribution in [3.8, 4) is 17.6 Å². The number of urea groups is 1. The van der Waals surface area contributed by atoms with E-state index in [2.05, 4.69) is 32.5 Å². The second-order valence-corrected chi connectivity index (χ2v) is 10.1. The molecule has 0 aliphatic carbocycles. The predicted molar refractivity (Wildman–Crippen MR) is 142 cm³/mol. The molecule has 1 aliphatic rings. The van der Waals surface area contributed by atoms with Crippen molar-refractivity contribution in [2.75, 3.05) is 36.9 Å². The van der Waals surface area contributed by atoms with Gasteiger partial charge in [0.2, 0.25) is 0 Å². The molecule has 7 nitrogen and oxygen atoms in total. The van der Waals surface area contributed by atoms with Gasteiger partial charge in [0.25, 0.3) is 0 Å². The number of hydrogen-bond acceptors (Lipinski definition) is 5. The molecule has 8 heteroatoms. The van der Waals surface area contributed by atoms with E-state index < -0.39 is 11.8 Å². The molecule has 0 saturated carbocycles. The van der Waals surface area contributed by atoms with E-state index in [-0.39, 0.29) is 11.2 Å². The average Bonchev–Trinajstić information content (AvgIpc) is 3.34. The van der Waals surface area contributed by atoms with Gasteiger partial charge >= 0.3 is 6.03 Å². The van der Waals surface area contributed by atoms with E-state index in [9.17, 15) is 9.18 Å². The van der Waals surface area contributed by atoms with E-state index in [1.807, 2.05) is 20.8 Å². The summed E-state index contributed by atoms with van der Waals surface area (Å²) in [6, 6.07) is 13.1. The zero-order valence-corrected chi connectivity index (χ0v) is 21.6. The Balaban J connectivity index is 1.27. The molecule has 0 bridgehead atoms. The Morgan fingerprint density at radius 1 is 1.03 bits per heavy atom. The van der Waals surface area contributed by atoms with E-state index in [1.165, 1.54) is 25.3 Å². The number of hydrogen-bond donors (Lipinski definition) is 2. The molecule has 2 amide bonds. The summed E-state index contributed by atoms with van der Waals surface area (Å²) in [6.07, 6.45) is 3.73. The van der Waals surface area contributed by atoms with Gasteiger partial charge in [-0.2, -0.15) is 0 Å². The van der Waals surface area contributed by atoms with Crippen LogP contribution in [0, 0.1) is 17.7 Å². The van der Waals surface area contributed by atoms with Crippen LogP contribution in [0.15, 0.2) is 53.1 Å². The van der Waals surface area contributed by atoms with Crippen LogP contribution in [0.3, 0.4) is 0 Å². The molecular weight excluding hydrogens is 471 g/mol. The molecule has 37 heavy (non-hydrogen) atoms. The smallest absolute Gasteiger partial charge is 0.324 e. The lowest BCUT2D eigenvalue weighted by molar-refractivity contribution is 0.180. The summed E-state index contributed by atoms with van der Waals surface area (Å²) in [5.41, 5.74) is 1.69. The van der Waals surface area contributed by atoms with Crippen LogP contribution in [0.1, 0.15) is 56.9 Å². The van der Waals surface area contributed by atoms with Crippen LogP contribution in [-0.2, 0) is 5.41 Å². The van der Waals surface area contributed by atoms with Gasteiger partial charge in [0.1, 0.15) is 12.4 Å². The van der Waals surface area contributed by atoms with Gasteiger partial charge in [0, 0.05) is 34.8 Å². The minimum Gasteiger partial charge on any atom is -0.489 e. The third-order valence-electron chi connectivity index (χ3n) is 6.03.